The third kappa shape index (κ3) is 4.46. The van der Waals surface area contributed by atoms with E-state index in [0.717, 1.165) is 6.92 Å². The minimum atomic E-state index is -2.05. The van der Waals surface area contributed by atoms with Gasteiger partial charge in [-0.2, -0.15) is 0 Å². The molecule has 7 rings (SSSR count). The molecule has 0 amide bonds. The van der Waals surface area contributed by atoms with E-state index in [1.807, 2.05) is 0 Å². The summed E-state index contributed by atoms with van der Waals surface area (Å²) in [5.74, 6) is -8.36. The predicted octanol–water partition coefficient (Wildman–Crippen LogP) is 3.20. The van der Waals surface area contributed by atoms with Gasteiger partial charge in [-0.1, -0.05) is 0 Å². The molecule has 6 atom stereocenters. The Morgan fingerprint density at radius 2 is 1.49 bits per heavy atom. The van der Waals surface area contributed by atoms with Crippen molar-refractivity contribution in [2.45, 2.75) is 82.9 Å². The van der Waals surface area contributed by atoms with Crippen LogP contribution < -0.4 is 0 Å². The molecule has 2 heterocycles. The van der Waals surface area contributed by atoms with E-state index in [4.69, 9.17) is 18.9 Å². The Bertz CT molecular complexity index is 1990. The van der Waals surface area contributed by atoms with Crippen LogP contribution >= 0.6 is 0 Å². The van der Waals surface area contributed by atoms with Gasteiger partial charge in [0.25, 0.3) is 0 Å². The standard InChI is InChI=1S/C35H32O14/c1-11-22-14(5-15(47-11)9-21(39)46-4)6-19-25(31(22)42)30(41)18-10-35(19,49-13(3)36)28-24(18)33(44)27-26(34(28)45)29(40)17-7-16(8-20(37)38)48-12(2)23(17)32(27)43/h6,11-12,15-16,18,40,42-43H,5,7-10H2,1-4H3,(H,37,38)/t11-,12-,15+,16+,18+,35-/m0/s1. The van der Waals surface area contributed by atoms with Gasteiger partial charge in [0.15, 0.2) is 23.0 Å². The zero-order chi connectivity index (χ0) is 35.4. The molecule has 0 spiro atoms. The van der Waals surface area contributed by atoms with Crippen LogP contribution in [0.1, 0.15) is 111 Å². The number of Topliss-reactive ketones (excluding diaryl/α,β-unsaturated/α-hetero) is 3. The number of rotatable bonds is 5. The number of carboxylic acids is 1. The van der Waals surface area contributed by atoms with E-state index in [0.29, 0.717) is 5.56 Å². The smallest absolute Gasteiger partial charge is 0.308 e. The third-order valence-electron chi connectivity index (χ3n) is 10.3. The second kappa shape index (κ2) is 11.0. The summed E-state index contributed by atoms with van der Waals surface area (Å²) >= 11 is 0. The Kier molecular flexibility index (Phi) is 7.27. The van der Waals surface area contributed by atoms with Gasteiger partial charge in [-0.3, -0.25) is 28.8 Å². The number of esters is 2. The molecule has 3 aliphatic carbocycles. The Morgan fingerprint density at radius 3 is 2.12 bits per heavy atom. The number of fused-ring (bicyclic) bond motifs is 9. The van der Waals surface area contributed by atoms with Gasteiger partial charge in [0.2, 0.25) is 0 Å². The van der Waals surface area contributed by atoms with E-state index in [9.17, 15) is 49.2 Å². The largest absolute Gasteiger partial charge is 0.507 e. The Hall–Kier alpha value is -5.08. The fraction of sp³-hybridized carbons (Fsp3) is 0.429. The number of ether oxygens (including phenoxy) is 4. The van der Waals surface area contributed by atoms with Gasteiger partial charge in [-0.05, 0) is 31.9 Å². The van der Waals surface area contributed by atoms with Crippen molar-refractivity contribution >= 4 is 35.3 Å². The first-order valence-electron chi connectivity index (χ1n) is 15.8. The summed E-state index contributed by atoms with van der Waals surface area (Å²) in [6, 6.07) is 1.52. The van der Waals surface area contributed by atoms with Crippen molar-refractivity contribution in [3.8, 4) is 17.2 Å². The molecule has 2 bridgehead atoms. The number of carbonyl (C=O) groups excluding carboxylic acids is 5. The number of carboxylic acid groups (broad SMARTS) is 1. The molecule has 14 nitrogen and oxygen atoms in total. The predicted molar refractivity (Wildman–Crippen MR) is 162 cm³/mol. The average Bonchev–Trinajstić information content (AvgIpc) is 3.32. The SMILES string of the molecule is COC(=O)C[C@H]1Cc2cc3c(c(O)c2[C@H](C)O1)C(=O)[C@@H]1C[C@@]3(OC(C)=O)C2=C1C(=O)c1c(O)c3c(c(O)c1C2=O)C[C@H](CC(=O)O)O[C@H]3C. The van der Waals surface area contributed by atoms with E-state index in [1.165, 1.54) is 20.1 Å². The molecule has 0 saturated carbocycles. The van der Waals surface area contributed by atoms with E-state index >= 15 is 0 Å². The van der Waals surface area contributed by atoms with Gasteiger partial charge in [-0.25, -0.2) is 0 Å². The number of allylic oxidation sites excluding steroid dienone is 1. The number of methoxy groups -OCH3 is 1. The van der Waals surface area contributed by atoms with Gasteiger partial charge >= 0.3 is 17.9 Å². The highest BCUT2D eigenvalue weighted by Gasteiger charge is 2.64. The molecule has 2 aliphatic heterocycles. The van der Waals surface area contributed by atoms with Gasteiger partial charge in [0.05, 0.1) is 72.5 Å². The highest BCUT2D eigenvalue weighted by atomic mass is 16.6. The molecule has 0 unspecified atom stereocenters. The molecule has 0 aromatic heterocycles. The van der Waals surface area contributed by atoms with Crippen LogP contribution in [0.2, 0.25) is 0 Å². The van der Waals surface area contributed by atoms with Gasteiger partial charge < -0.3 is 39.4 Å². The van der Waals surface area contributed by atoms with Crippen molar-refractivity contribution < 1.29 is 68.1 Å². The van der Waals surface area contributed by atoms with Crippen LogP contribution in [-0.4, -0.2) is 75.0 Å². The first-order valence-corrected chi connectivity index (χ1v) is 15.8. The maximum absolute atomic E-state index is 14.7. The molecule has 0 radical (unpaired) electrons. The zero-order valence-corrected chi connectivity index (χ0v) is 26.9. The highest BCUT2D eigenvalue weighted by molar-refractivity contribution is 6.33. The number of ketones is 3. The van der Waals surface area contributed by atoms with Crippen LogP contribution in [0.15, 0.2) is 17.2 Å². The van der Waals surface area contributed by atoms with Crippen LogP contribution in [0.3, 0.4) is 0 Å². The summed E-state index contributed by atoms with van der Waals surface area (Å²) < 4.78 is 22.4. The molecule has 0 fully saturated rings. The van der Waals surface area contributed by atoms with Crippen LogP contribution in [0.4, 0.5) is 0 Å². The Balaban J connectivity index is 1.44. The van der Waals surface area contributed by atoms with Crippen molar-refractivity contribution in [2.24, 2.45) is 5.92 Å². The fourth-order valence-corrected chi connectivity index (χ4v) is 8.55. The van der Waals surface area contributed by atoms with Crippen molar-refractivity contribution in [3.63, 3.8) is 0 Å². The normalized spacial score (nSPS) is 27.8. The molecule has 0 saturated heterocycles. The maximum Gasteiger partial charge on any atom is 0.308 e. The topological polar surface area (TPSA) is 220 Å². The van der Waals surface area contributed by atoms with E-state index in [1.54, 1.807) is 6.92 Å². The second-order valence-corrected chi connectivity index (χ2v) is 13.1. The molecule has 2 aromatic carbocycles. The molecule has 2 aromatic rings. The molecule has 14 heteroatoms. The van der Waals surface area contributed by atoms with Crippen molar-refractivity contribution in [3.05, 3.63) is 61.7 Å². The highest BCUT2D eigenvalue weighted by Crippen LogP contribution is 2.62. The van der Waals surface area contributed by atoms with E-state index in [2.05, 4.69) is 0 Å². The lowest BCUT2D eigenvalue weighted by Crippen LogP contribution is -2.41. The number of aromatic hydroxyl groups is 3. The number of hydrogen-bond acceptors (Lipinski definition) is 13. The summed E-state index contributed by atoms with van der Waals surface area (Å²) in [6.45, 7) is 4.22. The number of phenolic OH excluding ortho intramolecular Hbond substituents is 3. The molecular weight excluding hydrogens is 644 g/mol. The number of benzene rings is 2. The van der Waals surface area contributed by atoms with Gasteiger partial charge in [0.1, 0.15) is 17.2 Å². The minimum Gasteiger partial charge on any atom is -0.507 e. The fourth-order valence-electron chi connectivity index (χ4n) is 8.55. The minimum absolute atomic E-state index is 0.00851. The van der Waals surface area contributed by atoms with Crippen molar-refractivity contribution in [1.29, 1.82) is 0 Å². The molecule has 4 N–H and O–H groups in total. The molecule has 5 aliphatic rings. The quantitative estimate of drug-likeness (QED) is 0.264. The maximum atomic E-state index is 14.7. The summed E-state index contributed by atoms with van der Waals surface area (Å²) in [5.41, 5.74) is -3.41. The molecule has 256 valence electrons. The lowest BCUT2D eigenvalue weighted by molar-refractivity contribution is -0.155. The van der Waals surface area contributed by atoms with E-state index < -0.39 is 106 Å². The van der Waals surface area contributed by atoms with Gasteiger partial charge in [-0.15, -0.1) is 0 Å². The van der Waals surface area contributed by atoms with Crippen molar-refractivity contribution in [2.75, 3.05) is 7.11 Å². The van der Waals surface area contributed by atoms with Crippen LogP contribution in [0.5, 0.6) is 17.2 Å². The Labute approximate surface area is 278 Å². The number of phenols is 3. The van der Waals surface area contributed by atoms with Crippen LogP contribution in [0.25, 0.3) is 0 Å². The summed E-state index contributed by atoms with van der Waals surface area (Å²) in [4.78, 5) is 79.7. The summed E-state index contributed by atoms with van der Waals surface area (Å²) in [7, 11) is 1.23. The van der Waals surface area contributed by atoms with Crippen molar-refractivity contribution in [1.82, 2.24) is 0 Å². The van der Waals surface area contributed by atoms with Crippen LogP contribution in [0, 0.1) is 5.92 Å². The third-order valence-corrected chi connectivity index (χ3v) is 10.3. The monoisotopic (exact) mass is 676 g/mol. The van der Waals surface area contributed by atoms with E-state index in [-0.39, 0.29) is 64.6 Å². The number of carbonyl (C=O) groups is 6. The number of hydrogen-bond donors (Lipinski definition) is 4. The average molecular weight is 677 g/mol. The molecule has 49 heavy (non-hydrogen) atoms. The second-order valence-electron chi connectivity index (χ2n) is 13.1. The number of aliphatic carboxylic acids is 1. The lowest BCUT2D eigenvalue weighted by atomic mass is 9.72. The molecular formula is C35H32O14. The zero-order valence-electron chi connectivity index (χ0n) is 26.9. The first kappa shape index (κ1) is 32.5. The van der Waals surface area contributed by atoms with Gasteiger partial charge in [0, 0.05) is 47.6 Å². The summed E-state index contributed by atoms with van der Waals surface area (Å²) in [5, 5.41) is 44.1. The van der Waals surface area contributed by atoms with Crippen LogP contribution in [-0.2, 0) is 51.8 Å². The first-order chi connectivity index (χ1) is 23.1. The summed E-state index contributed by atoms with van der Waals surface area (Å²) in [6.07, 6.45) is -4.36. The lowest BCUT2D eigenvalue weighted by Gasteiger charge is -2.39. The Morgan fingerprint density at radius 1 is 0.878 bits per heavy atom.